The van der Waals surface area contributed by atoms with Crippen molar-refractivity contribution in [3.63, 3.8) is 0 Å². The highest BCUT2D eigenvalue weighted by Crippen LogP contribution is 2.15. The van der Waals surface area contributed by atoms with Gasteiger partial charge < -0.3 is 10.1 Å². The highest BCUT2D eigenvalue weighted by Gasteiger charge is 1.96. The van der Waals surface area contributed by atoms with Crippen molar-refractivity contribution >= 4 is 5.69 Å². The van der Waals surface area contributed by atoms with E-state index in [2.05, 4.69) is 24.1 Å². The standard InChI is InChI=1S/C12H20N2O/c1-3-5-6-7-15-12-8-11(14-4-2)9-13-10-12/h8-10,14H,3-7H2,1-2H3. The molecule has 1 aromatic rings. The van der Waals surface area contributed by atoms with E-state index in [0.717, 1.165) is 31.0 Å². The van der Waals surface area contributed by atoms with Crippen LogP contribution in [0.4, 0.5) is 5.69 Å². The maximum Gasteiger partial charge on any atom is 0.139 e. The van der Waals surface area contributed by atoms with E-state index in [-0.39, 0.29) is 0 Å². The lowest BCUT2D eigenvalue weighted by atomic mass is 10.3. The second-order valence-electron chi connectivity index (χ2n) is 3.50. The van der Waals surface area contributed by atoms with Crippen LogP contribution in [0.25, 0.3) is 0 Å². The van der Waals surface area contributed by atoms with Crippen molar-refractivity contribution in [3.05, 3.63) is 18.5 Å². The summed E-state index contributed by atoms with van der Waals surface area (Å²) in [5.74, 6) is 0.851. The molecule has 1 aromatic heterocycles. The summed E-state index contributed by atoms with van der Waals surface area (Å²) in [5, 5.41) is 3.21. The van der Waals surface area contributed by atoms with Gasteiger partial charge in [0.1, 0.15) is 5.75 Å². The summed E-state index contributed by atoms with van der Waals surface area (Å²) in [7, 11) is 0. The second-order valence-corrected chi connectivity index (χ2v) is 3.50. The molecule has 0 unspecified atom stereocenters. The molecule has 0 atom stereocenters. The van der Waals surface area contributed by atoms with Gasteiger partial charge in [0.25, 0.3) is 0 Å². The third-order valence-corrected chi connectivity index (χ3v) is 2.11. The number of pyridine rings is 1. The molecular weight excluding hydrogens is 188 g/mol. The predicted molar refractivity (Wildman–Crippen MR) is 63.4 cm³/mol. The first-order valence-corrected chi connectivity index (χ1v) is 5.68. The van der Waals surface area contributed by atoms with Crippen LogP contribution in [0.3, 0.4) is 0 Å². The van der Waals surface area contributed by atoms with E-state index in [9.17, 15) is 0 Å². The molecule has 84 valence electrons. The van der Waals surface area contributed by atoms with E-state index in [1.165, 1.54) is 12.8 Å². The molecule has 1 heterocycles. The van der Waals surface area contributed by atoms with Crippen LogP contribution in [-0.2, 0) is 0 Å². The summed E-state index contributed by atoms with van der Waals surface area (Å²) < 4.78 is 5.59. The first kappa shape index (κ1) is 11.8. The number of rotatable bonds is 7. The predicted octanol–water partition coefficient (Wildman–Crippen LogP) is 3.08. The number of hydrogen-bond acceptors (Lipinski definition) is 3. The maximum absolute atomic E-state index is 5.59. The van der Waals surface area contributed by atoms with E-state index in [1.54, 1.807) is 6.20 Å². The Morgan fingerprint density at radius 2 is 2.13 bits per heavy atom. The second kappa shape index (κ2) is 7.10. The molecule has 0 saturated carbocycles. The minimum atomic E-state index is 0.783. The minimum absolute atomic E-state index is 0.783. The molecule has 0 amide bonds. The molecule has 0 radical (unpaired) electrons. The molecule has 0 aliphatic heterocycles. The number of unbranched alkanes of at least 4 members (excludes halogenated alkanes) is 2. The lowest BCUT2D eigenvalue weighted by Gasteiger charge is -2.07. The van der Waals surface area contributed by atoms with E-state index in [0.29, 0.717) is 0 Å². The average molecular weight is 208 g/mol. The Morgan fingerprint density at radius 1 is 1.27 bits per heavy atom. The van der Waals surface area contributed by atoms with Crippen LogP contribution < -0.4 is 10.1 Å². The zero-order valence-electron chi connectivity index (χ0n) is 9.62. The number of nitrogens with one attached hydrogen (secondary N) is 1. The SMILES string of the molecule is CCCCCOc1cncc(NCC)c1. The van der Waals surface area contributed by atoms with Gasteiger partial charge in [-0.25, -0.2) is 0 Å². The van der Waals surface area contributed by atoms with Crippen molar-refractivity contribution in [2.75, 3.05) is 18.5 Å². The van der Waals surface area contributed by atoms with Gasteiger partial charge in [-0.3, -0.25) is 4.98 Å². The van der Waals surface area contributed by atoms with E-state index >= 15 is 0 Å². The molecule has 1 rings (SSSR count). The lowest BCUT2D eigenvalue weighted by Crippen LogP contribution is -2.00. The fourth-order valence-corrected chi connectivity index (χ4v) is 1.34. The van der Waals surface area contributed by atoms with Crippen molar-refractivity contribution in [2.24, 2.45) is 0 Å². The Kier molecular flexibility index (Phi) is 5.59. The Morgan fingerprint density at radius 3 is 2.87 bits per heavy atom. The van der Waals surface area contributed by atoms with Crippen LogP contribution in [0, 0.1) is 0 Å². The molecule has 1 N–H and O–H groups in total. The summed E-state index contributed by atoms with van der Waals surface area (Å²) in [6.07, 6.45) is 7.12. The first-order valence-electron chi connectivity index (χ1n) is 5.68. The van der Waals surface area contributed by atoms with Crippen LogP contribution in [0.5, 0.6) is 5.75 Å². The monoisotopic (exact) mass is 208 g/mol. The normalized spacial score (nSPS) is 10.0. The third-order valence-electron chi connectivity index (χ3n) is 2.11. The molecule has 0 aliphatic rings. The van der Waals surface area contributed by atoms with Crippen LogP contribution in [0.15, 0.2) is 18.5 Å². The van der Waals surface area contributed by atoms with Gasteiger partial charge in [0, 0.05) is 12.6 Å². The summed E-state index contributed by atoms with van der Waals surface area (Å²) in [4.78, 5) is 4.11. The van der Waals surface area contributed by atoms with Gasteiger partial charge >= 0.3 is 0 Å². The highest BCUT2D eigenvalue weighted by atomic mass is 16.5. The first-order chi connectivity index (χ1) is 7.36. The van der Waals surface area contributed by atoms with Crippen molar-refractivity contribution < 1.29 is 4.74 Å². The van der Waals surface area contributed by atoms with Crippen LogP contribution in [-0.4, -0.2) is 18.1 Å². The van der Waals surface area contributed by atoms with Crippen molar-refractivity contribution in [3.8, 4) is 5.75 Å². The Balaban J connectivity index is 2.36. The Hall–Kier alpha value is -1.25. The molecule has 0 aliphatic carbocycles. The Bertz CT molecular complexity index is 276. The van der Waals surface area contributed by atoms with Crippen molar-refractivity contribution in [2.45, 2.75) is 33.1 Å². The zero-order chi connectivity index (χ0) is 10.9. The summed E-state index contributed by atoms with van der Waals surface area (Å²) in [6, 6.07) is 1.99. The van der Waals surface area contributed by atoms with Gasteiger partial charge in [-0.15, -0.1) is 0 Å². The molecule has 0 saturated heterocycles. The summed E-state index contributed by atoms with van der Waals surface area (Å²) >= 11 is 0. The third kappa shape index (κ3) is 4.68. The Labute approximate surface area is 91.9 Å². The molecule has 0 bridgehead atoms. The molecule has 0 fully saturated rings. The van der Waals surface area contributed by atoms with Gasteiger partial charge in [0.05, 0.1) is 24.7 Å². The minimum Gasteiger partial charge on any atom is -0.492 e. The van der Waals surface area contributed by atoms with Crippen LogP contribution in [0.2, 0.25) is 0 Å². The fraction of sp³-hybridized carbons (Fsp3) is 0.583. The van der Waals surface area contributed by atoms with E-state index in [4.69, 9.17) is 4.74 Å². The molecule has 15 heavy (non-hydrogen) atoms. The topological polar surface area (TPSA) is 34.1 Å². The average Bonchev–Trinajstić information content (AvgIpc) is 2.26. The smallest absolute Gasteiger partial charge is 0.139 e. The number of anilines is 1. The molecule has 3 heteroatoms. The van der Waals surface area contributed by atoms with E-state index in [1.807, 2.05) is 12.3 Å². The van der Waals surface area contributed by atoms with Gasteiger partial charge in [-0.2, -0.15) is 0 Å². The highest BCUT2D eigenvalue weighted by molar-refractivity contribution is 5.44. The molecule has 0 spiro atoms. The maximum atomic E-state index is 5.59. The number of aromatic nitrogens is 1. The largest absolute Gasteiger partial charge is 0.492 e. The van der Waals surface area contributed by atoms with Crippen LogP contribution >= 0.6 is 0 Å². The summed E-state index contributed by atoms with van der Waals surface area (Å²) in [6.45, 7) is 5.94. The fourth-order valence-electron chi connectivity index (χ4n) is 1.34. The van der Waals surface area contributed by atoms with Gasteiger partial charge in [-0.1, -0.05) is 19.8 Å². The van der Waals surface area contributed by atoms with Gasteiger partial charge in [0.15, 0.2) is 0 Å². The number of hydrogen-bond donors (Lipinski definition) is 1. The molecule has 3 nitrogen and oxygen atoms in total. The number of nitrogens with zero attached hydrogens (tertiary/aromatic N) is 1. The molecular formula is C12H20N2O. The van der Waals surface area contributed by atoms with Crippen LogP contribution in [0.1, 0.15) is 33.1 Å². The summed E-state index contributed by atoms with van der Waals surface area (Å²) in [5.41, 5.74) is 1.02. The van der Waals surface area contributed by atoms with Gasteiger partial charge in [-0.05, 0) is 13.3 Å². The van der Waals surface area contributed by atoms with E-state index < -0.39 is 0 Å². The zero-order valence-corrected chi connectivity index (χ0v) is 9.62. The number of ether oxygens (including phenoxy) is 1. The molecule has 0 aromatic carbocycles. The quantitative estimate of drug-likeness (QED) is 0.699. The van der Waals surface area contributed by atoms with Gasteiger partial charge in [0.2, 0.25) is 0 Å². The van der Waals surface area contributed by atoms with Crippen molar-refractivity contribution in [1.29, 1.82) is 0 Å². The van der Waals surface area contributed by atoms with Crippen molar-refractivity contribution in [1.82, 2.24) is 4.98 Å². The lowest BCUT2D eigenvalue weighted by molar-refractivity contribution is 0.305.